The van der Waals surface area contributed by atoms with Crippen LogP contribution < -0.4 is 0 Å². The highest BCUT2D eigenvalue weighted by atomic mass is 79.9. The minimum Gasteiger partial charge on any atom is -0.246 e. The van der Waals surface area contributed by atoms with Gasteiger partial charge in [-0.1, -0.05) is 15.9 Å². The molecule has 1 aromatic rings. The van der Waals surface area contributed by atoms with Crippen molar-refractivity contribution in [2.45, 2.75) is 44.4 Å². The third kappa shape index (κ3) is 2.57. The standard InChI is InChI=1S/C11H16BrNS/c1-7-8(2)14-11(13-7)6-5-10(12)9-3-4-9/h9-10H,3-6H2,1-2H3. The smallest absolute Gasteiger partial charge is 0.0931 e. The van der Waals surface area contributed by atoms with Crippen LogP contribution in [-0.4, -0.2) is 9.81 Å². The lowest BCUT2D eigenvalue weighted by molar-refractivity contribution is 0.694. The van der Waals surface area contributed by atoms with Gasteiger partial charge in [-0.05, 0) is 39.0 Å². The molecule has 0 amide bonds. The van der Waals surface area contributed by atoms with Crippen molar-refractivity contribution in [1.82, 2.24) is 4.98 Å². The molecular weight excluding hydrogens is 258 g/mol. The van der Waals surface area contributed by atoms with Crippen molar-refractivity contribution in [3.05, 3.63) is 15.6 Å². The molecule has 0 saturated heterocycles. The van der Waals surface area contributed by atoms with E-state index >= 15 is 0 Å². The molecule has 1 aliphatic carbocycles. The molecule has 0 aromatic carbocycles. The fourth-order valence-electron chi connectivity index (χ4n) is 1.60. The Labute approximate surface area is 98.1 Å². The molecule has 14 heavy (non-hydrogen) atoms. The number of nitrogens with zero attached hydrogens (tertiary/aromatic N) is 1. The summed E-state index contributed by atoms with van der Waals surface area (Å²) >= 11 is 5.62. The lowest BCUT2D eigenvalue weighted by Crippen LogP contribution is -2.01. The van der Waals surface area contributed by atoms with Crippen molar-refractivity contribution in [1.29, 1.82) is 0 Å². The van der Waals surface area contributed by atoms with Crippen LogP contribution in [0.3, 0.4) is 0 Å². The normalized spacial score (nSPS) is 18.5. The molecule has 1 unspecified atom stereocenters. The summed E-state index contributed by atoms with van der Waals surface area (Å²) in [5.74, 6) is 0.956. The van der Waals surface area contributed by atoms with E-state index < -0.39 is 0 Å². The molecule has 1 aliphatic rings. The molecule has 3 heteroatoms. The van der Waals surface area contributed by atoms with Crippen LogP contribution in [0.5, 0.6) is 0 Å². The van der Waals surface area contributed by atoms with E-state index in [2.05, 4.69) is 34.8 Å². The van der Waals surface area contributed by atoms with Crippen LogP contribution in [0.15, 0.2) is 0 Å². The molecule has 0 spiro atoms. The average Bonchev–Trinajstić information content (AvgIpc) is 2.92. The zero-order chi connectivity index (χ0) is 10.1. The lowest BCUT2D eigenvalue weighted by atomic mass is 10.2. The maximum Gasteiger partial charge on any atom is 0.0931 e. The van der Waals surface area contributed by atoms with E-state index in [0.29, 0.717) is 0 Å². The Hall–Kier alpha value is 0.110. The highest BCUT2D eigenvalue weighted by Crippen LogP contribution is 2.38. The molecule has 1 fully saturated rings. The molecule has 0 bridgehead atoms. The van der Waals surface area contributed by atoms with Crippen molar-refractivity contribution >= 4 is 27.3 Å². The van der Waals surface area contributed by atoms with Crippen molar-refractivity contribution < 1.29 is 0 Å². The maximum absolute atomic E-state index is 4.56. The summed E-state index contributed by atoms with van der Waals surface area (Å²) in [5, 5.41) is 1.31. The van der Waals surface area contributed by atoms with Crippen LogP contribution in [0.1, 0.15) is 34.8 Å². The molecule has 0 N–H and O–H groups in total. The number of aryl methyl sites for hydroxylation is 3. The van der Waals surface area contributed by atoms with Crippen LogP contribution in [0.25, 0.3) is 0 Å². The van der Waals surface area contributed by atoms with E-state index in [1.165, 1.54) is 34.8 Å². The molecule has 2 rings (SSSR count). The summed E-state index contributed by atoms with van der Waals surface area (Å²) in [6.07, 6.45) is 5.24. The van der Waals surface area contributed by atoms with E-state index in [1.54, 1.807) is 0 Å². The molecule has 78 valence electrons. The van der Waals surface area contributed by atoms with Crippen molar-refractivity contribution in [3.8, 4) is 0 Å². The summed E-state index contributed by atoms with van der Waals surface area (Å²) < 4.78 is 0. The molecule has 0 radical (unpaired) electrons. The first-order valence-electron chi connectivity index (χ1n) is 5.24. The molecule has 1 aromatic heterocycles. The second kappa shape index (κ2) is 4.31. The first kappa shape index (κ1) is 10.6. The van der Waals surface area contributed by atoms with Gasteiger partial charge in [0.2, 0.25) is 0 Å². The van der Waals surface area contributed by atoms with Gasteiger partial charge in [0.25, 0.3) is 0 Å². The van der Waals surface area contributed by atoms with Crippen molar-refractivity contribution in [3.63, 3.8) is 0 Å². The van der Waals surface area contributed by atoms with Crippen LogP contribution in [0.4, 0.5) is 0 Å². The van der Waals surface area contributed by atoms with Gasteiger partial charge in [-0.3, -0.25) is 0 Å². The molecule has 1 heterocycles. The van der Waals surface area contributed by atoms with Gasteiger partial charge < -0.3 is 0 Å². The second-order valence-electron chi connectivity index (χ2n) is 4.14. The SMILES string of the molecule is Cc1nc(CCC(Br)C2CC2)sc1C. The van der Waals surface area contributed by atoms with E-state index in [1.807, 2.05) is 11.3 Å². The summed E-state index contributed by atoms with van der Waals surface area (Å²) in [5.41, 5.74) is 1.21. The summed E-state index contributed by atoms with van der Waals surface area (Å²) in [4.78, 5) is 6.66. The number of thiazole rings is 1. The molecular formula is C11H16BrNS. The van der Waals surface area contributed by atoms with E-state index in [9.17, 15) is 0 Å². The monoisotopic (exact) mass is 273 g/mol. The highest BCUT2D eigenvalue weighted by Gasteiger charge is 2.28. The molecule has 1 atom stereocenters. The summed E-state index contributed by atoms with van der Waals surface area (Å²) in [7, 11) is 0. The van der Waals surface area contributed by atoms with Gasteiger partial charge in [-0.15, -0.1) is 11.3 Å². The number of rotatable bonds is 4. The third-order valence-electron chi connectivity index (χ3n) is 2.84. The zero-order valence-electron chi connectivity index (χ0n) is 8.72. The van der Waals surface area contributed by atoms with E-state index in [0.717, 1.165) is 17.2 Å². The van der Waals surface area contributed by atoms with Crippen molar-refractivity contribution in [2.75, 3.05) is 0 Å². The lowest BCUT2D eigenvalue weighted by Gasteiger charge is -2.05. The molecule has 1 nitrogen and oxygen atoms in total. The summed E-state index contributed by atoms with van der Waals surface area (Å²) in [6, 6.07) is 0. The largest absolute Gasteiger partial charge is 0.246 e. The number of alkyl halides is 1. The Morgan fingerprint density at radius 2 is 2.21 bits per heavy atom. The number of aromatic nitrogens is 1. The number of hydrogen-bond donors (Lipinski definition) is 0. The van der Waals surface area contributed by atoms with Crippen LogP contribution in [-0.2, 0) is 6.42 Å². The van der Waals surface area contributed by atoms with Gasteiger partial charge in [0, 0.05) is 16.1 Å². The fraction of sp³-hybridized carbons (Fsp3) is 0.727. The van der Waals surface area contributed by atoms with Gasteiger partial charge in [0.1, 0.15) is 0 Å². The molecule has 1 saturated carbocycles. The maximum atomic E-state index is 4.56. The Balaban J connectivity index is 1.84. The number of halogens is 1. The minimum absolute atomic E-state index is 0.729. The third-order valence-corrected chi connectivity index (χ3v) is 5.18. The van der Waals surface area contributed by atoms with Gasteiger partial charge in [-0.2, -0.15) is 0 Å². The highest BCUT2D eigenvalue weighted by molar-refractivity contribution is 9.09. The van der Waals surface area contributed by atoms with E-state index in [-0.39, 0.29) is 0 Å². The predicted molar refractivity (Wildman–Crippen MR) is 65.3 cm³/mol. The average molecular weight is 274 g/mol. The van der Waals surface area contributed by atoms with Gasteiger partial charge in [0.15, 0.2) is 0 Å². The van der Waals surface area contributed by atoms with Crippen LogP contribution in [0.2, 0.25) is 0 Å². The Bertz CT molecular complexity index is 298. The van der Waals surface area contributed by atoms with Crippen LogP contribution in [0, 0.1) is 19.8 Å². The van der Waals surface area contributed by atoms with Gasteiger partial charge in [-0.25, -0.2) is 4.98 Å². The first-order chi connectivity index (χ1) is 6.66. The zero-order valence-corrected chi connectivity index (χ0v) is 11.1. The van der Waals surface area contributed by atoms with Gasteiger partial charge >= 0.3 is 0 Å². The Morgan fingerprint density at radius 1 is 1.50 bits per heavy atom. The topological polar surface area (TPSA) is 12.9 Å². The van der Waals surface area contributed by atoms with E-state index in [4.69, 9.17) is 0 Å². The predicted octanol–water partition coefficient (Wildman–Crippen LogP) is 3.87. The molecule has 0 aliphatic heterocycles. The second-order valence-corrected chi connectivity index (χ2v) is 6.61. The number of hydrogen-bond acceptors (Lipinski definition) is 2. The Morgan fingerprint density at radius 3 is 2.71 bits per heavy atom. The first-order valence-corrected chi connectivity index (χ1v) is 6.97. The fourth-order valence-corrected chi connectivity index (χ4v) is 3.31. The Kier molecular flexibility index (Phi) is 3.27. The van der Waals surface area contributed by atoms with Crippen LogP contribution >= 0.6 is 27.3 Å². The van der Waals surface area contributed by atoms with Crippen molar-refractivity contribution in [2.24, 2.45) is 5.92 Å². The van der Waals surface area contributed by atoms with Gasteiger partial charge in [0.05, 0.1) is 10.7 Å². The summed E-state index contributed by atoms with van der Waals surface area (Å²) in [6.45, 7) is 4.25. The quantitative estimate of drug-likeness (QED) is 0.760. The minimum atomic E-state index is 0.729.